The van der Waals surface area contributed by atoms with Gasteiger partial charge < -0.3 is 5.32 Å². The molecule has 29 heavy (non-hydrogen) atoms. The number of rotatable bonds is 4. The fraction of sp³-hybridized carbons (Fsp3) is 0.130. The summed E-state index contributed by atoms with van der Waals surface area (Å²) in [7, 11) is 0. The van der Waals surface area contributed by atoms with Crippen LogP contribution in [-0.4, -0.2) is 11.6 Å². The Kier molecular flexibility index (Phi) is 5.95. The third-order valence-electron chi connectivity index (χ3n) is 4.65. The second-order valence-electron chi connectivity index (χ2n) is 6.65. The zero-order valence-corrected chi connectivity index (χ0v) is 18.0. The first kappa shape index (κ1) is 20.0. The summed E-state index contributed by atoms with van der Waals surface area (Å²) >= 11 is 13.8. The Bertz CT molecular complexity index is 1110. The van der Waals surface area contributed by atoms with Crippen molar-refractivity contribution in [2.24, 2.45) is 4.99 Å². The highest BCUT2D eigenvalue weighted by Gasteiger charge is 2.18. The van der Waals surface area contributed by atoms with Crippen LogP contribution in [0.4, 0.5) is 5.69 Å². The molecule has 4 rings (SSSR count). The molecule has 146 valence electrons. The summed E-state index contributed by atoms with van der Waals surface area (Å²) in [5, 5.41) is 4.32. The molecule has 0 radical (unpaired) electrons. The van der Waals surface area contributed by atoms with Crippen molar-refractivity contribution in [3.05, 3.63) is 87.4 Å². The van der Waals surface area contributed by atoms with Crippen LogP contribution in [0.1, 0.15) is 34.8 Å². The normalized spacial score (nSPS) is 12.4. The maximum Gasteiger partial charge on any atom is 0.251 e. The lowest BCUT2D eigenvalue weighted by Gasteiger charge is -2.08. The molecule has 0 saturated heterocycles. The Morgan fingerprint density at radius 3 is 2.45 bits per heavy atom. The molecule has 1 aliphatic heterocycles. The van der Waals surface area contributed by atoms with E-state index in [9.17, 15) is 4.79 Å². The predicted octanol–water partition coefficient (Wildman–Crippen LogP) is 6.92. The highest BCUT2D eigenvalue weighted by Crippen LogP contribution is 2.41. The minimum Gasteiger partial charge on any atom is -0.348 e. The van der Waals surface area contributed by atoms with Crippen molar-refractivity contribution in [2.45, 2.75) is 29.7 Å². The molecule has 1 heterocycles. The Labute approximate surface area is 184 Å². The molecule has 0 bridgehead atoms. The molecule has 0 unspecified atom stereocenters. The first-order valence-corrected chi connectivity index (χ1v) is 10.8. The second kappa shape index (κ2) is 8.62. The summed E-state index contributed by atoms with van der Waals surface area (Å²) in [5.74, 6) is -0.134. The van der Waals surface area contributed by atoms with Crippen molar-refractivity contribution >= 4 is 52.3 Å². The molecule has 0 spiro atoms. The first-order valence-electron chi connectivity index (χ1n) is 9.25. The van der Waals surface area contributed by atoms with Crippen molar-refractivity contribution in [2.75, 3.05) is 0 Å². The van der Waals surface area contributed by atoms with Gasteiger partial charge in [-0.15, -0.1) is 0 Å². The molecular formula is C23H18Cl2N2OS. The number of hydrogen-bond acceptors (Lipinski definition) is 3. The summed E-state index contributed by atoms with van der Waals surface area (Å²) in [6, 6.07) is 18.9. The van der Waals surface area contributed by atoms with Crippen molar-refractivity contribution in [1.82, 2.24) is 5.32 Å². The van der Waals surface area contributed by atoms with Gasteiger partial charge >= 0.3 is 0 Å². The van der Waals surface area contributed by atoms with Crippen LogP contribution in [0.5, 0.6) is 0 Å². The van der Waals surface area contributed by atoms with E-state index in [1.165, 1.54) is 0 Å². The molecule has 0 atom stereocenters. The van der Waals surface area contributed by atoms with Crippen molar-refractivity contribution in [3.8, 4) is 0 Å². The Balaban J connectivity index is 1.59. The molecule has 0 saturated carbocycles. The molecule has 0 aliphatic carbocycles. The third-order valence-corrected chi connectivity index (χ3v) is 6.28. The van der Waals surface area contributed by atoms with Crippen LogP contribution in [0, 0.1) is 0 Å². The first-order chi connectivity index (χ1) is 14.0. The van der Waals surface area contributed by atoms with E-state index in [-0.39, 0.29) is 5.91 Å². The van der Waals surface area contributed by atoms with Gasteiger partial charge in [0.05, 0.1) is 5.69 Å². The SMILES string of the molecule is CCC1=Nc2cc(C(=O)NCc3ccc(Cl)cc3)ccc2Sc2ccc(Cl)cc21. The van der Waals surface area contributed by atoms with Crippen molar-refractivity contribution < 1.29 is 4.79 Å². The maximum atomic E-state index is 12.7. The predicted molar refractivity (Wildman–Crippen MR) is 121 cm³/mol. The van der Waals surface area contributed by atoms with E-state index in [0.29, 0.717) is 22.2 Å². The molecular weight excluding hydrogens is 423 g/mol. The van der Waals surface area contributed by atoms with Gasteiger partial charge in [-0.3, -0.25) is 9.79 Å². The van der Waals surface area contributed by atoms with Gasteiger partial charge in [-0.05, 0) is 60.5 Å². The number of nitrogens with one attached hydrogen (secondary N) is 1. The van der Waals surface area contributed by atoms with Crippen LogP contribution < -0.4 is 5.32 Å². The quantitative estimate of drug-likeness (QED) is 0.478. The number of benzene rings is 3. The number of carbonyl (C=O) groups is 1. The van der Waals surface area contributed by atoms with Crippen LogP contribution in [0.25, 0.3) is 0 Å². The highest BCUT2D eigenvalue weighted by molar-refractivity contribution is 7.99. The van der Waals surface area contributed by atoms with E-state index < -0.39 is 0 Å². The molecule has 0 aromatic heterocycles. The standard InChI is InChI=1S/C23H18Cl2N2OS/c1-2-19-18-12-17(25)8-10-21(18)29-22-9-5-15(11-20(22)27-19)23(28)26-13-14-3-6-16(24)7-4-14/h3-12H,2,13H2,1H3,(H,26,28). The van der Waals surface area contributed by atoms with E-state index >= 15 is 0 Å². The summed E-state index contributed by atoms with van der Waals surface area (Å²) in [5.41, 5.74) is 4.40. The van der Waals surface area contributed by atoms with Crippen LogP contribution in [-0.2, 0) is 6.54 Å². The van der Waals surface area contributed by atoms with Gasteiger partial charge in [0, 0.05) is 43.2 Å². The highest BCUT2D eigenvalue weighted by atomic mass is 35.5. The molecule has 1 N–H and O–H groups in total. The van der Waals surface area contributed by atoms with E-state index in [2.05, 4.69) is 12.2 Å². The smallest absolute Gasteiger partial charge is 0.251 e. The minimum absolute atomic E-state index is 0.134. The van der Waals surface area contributed by atoms with E-state index in [4.69, 9.17) is 28.2 Å². The van der Waals surface area contributed by atoms with Crippen molar-refractivity contribution in [1.29, 1.82) is 0 Å². The lowest BCUT2D eigenvalue weighted by Crippen LogP contribution is -2.22. The van der Waals surface area contributed by atoms with Gasteiger partial charge in [-0.25, -0.2) is 0 Å². The van der Waals surface area contributed by atoms with E-state index in [0.717, 1.165) is 38.7 Å². The number of carbonyl (C=O) groups excluding carboxylic acids is 1. The number of fused-ring (bicyclic) bond motifs is 2. The summed E-state index contributed by atoms with van der Waals surface area (Å²) in [6.07, 6.45) is 0.778. The molecule has 1 aliphatic rings. The zero-order chi connectivity index (χ0) is 20.4. The lowest BCUT2D eigenvalue weighted by atomic mass is 10.1. The molecule has 6 heteroatoms. The topological polar surface area (TPSA) is 41.5 Å². The summed E-state index contributed by atoms with van der Waals surface area (Å²) < 4.78 is 0. The molecule has 0 fully saturated rings. The van der Waals surface area contributed by atoms with Crippen LogP contribution >= 0.6 is 35.0 Å². The van der Waals surface area contributed by atoms with Gasteiger partial charge in [-0.1, -0.05) is 54.0 Å². The third kappa shape index (κ3) is 4.50. The monoisotopic (exact) mass is 440 g/mol. The average molecular weight is 441 g/mol. The zero-order valence-electron chi connectivity index (χ0n) is 15.7. The Morgan fingerprint density at radius 1 is 0.966 bits per heavy atom. The van der Waals surface area contributed by atoms with Crippen molar-refractivity contribution in [3.63, 3.8) is 0 Å². The number of aliphatic imine (C=N–C) groups is 1. The van der Waals surface area contributed by atoms with Crippen LogP contribution in [0.3, 0.4) is 0 Å². The largest absolute Gasteiger partial charge is 0.348 e. The average Bonchev–Trinajstić information content (AvgIpc) is 2.88. The van der Waals surface area contributed by atoms with Gasteiger partial charge in [0.1, 0.15) is 0 Å². The maximum absolute atomic E-state index is 12.7. The van der Waals surface area contributed by atoms with Gasteiger partial charge in [0.2, 0.25) is 0 Å². The molecule has 3 aromatic carbocycles. The lowest BCUT2D eigenvalue weighted by molar-refractivity contribution is 0.0951. The molecule has 3 nitrogen and oxygen atoms in total. The molecule has 1 amide bonds. The van der Waals surface area contributed by atoms with Gasteiger partial charge in [-0.2, -0.15) is 0 Å². The second-order valence-corrected chi connectivity index (χ2v) is 8.60. The van der Waals surface area contributed by atoms with Crippen LogP contribution in [0.15, 0.2) is 75.4 Å². The number of hydrogen-bond donors (Lipinski definition) is 1. The number of nitrogens with zero attached hydrogens (tertiary/aromatic N) is 1. The number of halogens is 2. The van der Waals surface area contributed by atoms with Gasteiger partial charge in [0.25, 0.3) is 5.91 Å². The van der Waals surface area contributed by atoms with Gasteiger partial charge in [0.15, 0.2) is 0 Å². The Morgan fingerprint density at radius 2 is 1.69 bits per heavy atom. The van der Waals surface area contributed by atoms with E-state index in [1.54, 1.807) is 11.8 Å². The van der Waals surface area contributed by atoms with Crippen LogP contribution in [0.2, 0.25) is 10.0 Å². The number of amides is 1. The fourth-order valence-corrected chi connectivity index (χ4v) is 4.43. The summed E-state index contributed by atoms with van der Waals surface area (Å²) in [4.78, 5) is 19.7. The molecule has 3 aromatic rings. The minimum atomic E-state index is -0.134. The fourth-order valence-electron chi connectivity index (χ4n) is 3.13. The Hall–Kier alpha value is -2.27. The van der Waals surface area contributed by atoms with E-state index in [1.807, 2.05) is 60.7 Å². The summed E-state index contributed by atoms with van der Waals surface area (Å²) in [6.45, 7) is 2.51.